The first-order valence-corrected chi connectivity index (χ1v) is 21.7. The van der Waals surface area contributed by atoms with Crippen LogP contribution in [-0.4, -0.2) is 45.8 Å². The lowest BCUT2D eigenvalue weighted by atomic mass is 10.6. The molecule has 0 saturated carbocycles. The minimum Gasteiger partial charge on any atom is -0.409 e. The predicted octanol–water partition coefficient (Wildman–Crippen LogP) is 5.05. The van der Waals surface area contributed by atoms with Crippen LogP contribution in [0.25, 0.3) is 0 Å². The Hall–Kier alpha value is 0.708. The van der Waals surface area contributed by atoms with Gasteiger partial charge in [0, 0.05) is 0 Å². The molecule has 0 aromatic heterocycles. The zero-order chi connectivity index (χ0) is 18.0. The van der Waals surface area contributed by atoms with Crippen molar-refractivity contribution in [1.82, 2.24) is 0 Å². The quantitative estimate of drug-likeness (QED) is 0.413. The molecule has 0 aliphatic rings. The van der Waals surface area contributed by atoms with Gasteiger partial charge in [0.2, 0.25) is 0 Å². The normalized spacial score (nSPS) is 15.3. The van der Waals surface area contributed by atoms with Crippen LogP contribution in [0.2, 0.25) is 78.6 Å². The highest BCUT2D eigenvalue weighted by Gasteiger charge is 2.46. The van der Waals surface area contributed by atoms with Crippen LogP contribution in [0, 0.1) is 0 Å². The largest absolute Gasteiger partial charge is 0.409 e. The first-order chi connectivity index (χ1) is 9.33. The summed E-state index contributed by atoms with van der Waals surface area (Å²) >= 11 is 0. The maximum absolute atomic E-state index is 6.43. The molecule has 0 amide bonds. The molecule has 0 spiro atoms. The van der Waals surface area contributed by atoms with Gasteiger partial charge in [-0.25, -0.2) is 0 Å². The van der Waals surface area contributed by atoms with Crippen molar-refractivity contribution in [3.05, 3.63) is 0 Å². The summed E-state index contributed by atoms with van der Waals surface area (Å²) in [5.74, 6) is -1.04. The topological polar surface area (TPSA) is 36.9 Å². The van der Waals surface area contributed by atoms with Crippen LogP contribution in [0.4, 0.5) is 0 Å². The third-order valence-electron chi connectivity index (χ3n) is 2.07. The van der Waals surface area contributed by atoms with E-state index in [9.17, 15) is 0 Å². The second-order valence-corrected chi connectivity index (χ2v) is 27.5. The van der Waals surface area contributed by atoms with Gasteiger partial charge in [0.05, 0.1) is 0 Å². The molecular weight excluding hydrogens is 344 g/mol. The van der Waals surface area contributed by atoms with Crippen LogP contribution >= 0.6 is 0 Å². The highest BCUT2D eigenvalue weighted by Crippen LogP contribution is 2.30. The van der Waals surface area contributed by atoms with E-state index in [1.165, 1.54) is 0 Å². The molecule has 0 aromatic carbocycles. The molecule has 134 valence electrons. The van der Waals surface area contributed by atoms with Crippen LogP contribution in [0.1, 0.15) is 0 Å². The molecule has 22 heavy (non-hydrogen) atoms. The van der Waals surface area contributed by atoms with E-state index in [0.717, 1.165) is 0 Å². The SMILES string of the molecule is C[Si](C)(C)OCC(O[Si](C)(C)C)(O[Si](C)(C)C)O[Si](C)(C)C. The van der Waals surface area contributed by atoms with Crippen molar-refractivity contribution >= 4 is 33.3 Å². The molecule has 4 nitrogen and oxygen atoms in total. The van der Waals surface area contributed by atoms with Crippen LogP contribution < -0.4 is 0 Å². The Bertz CT molecular complexity index is 307. The lowest BCUT2D eigenvalue weighted by Crippen LogP contribution is -2.59. The van der Waals surface area contributed by atoms with Gasteiger partial charge in [0.25, 0.3) is 5.97 Å². The Kier molecular flexibility index (Phi) is 7.54. The molecule has 0 rings (SSSR count). The molecule has 0 radical (unpaired) electrons. The van der Waals surface area contributed by atoms with E-state index >= 15 is 0 Å². The van der Waals surface area contributed by atoms with Gasteiger partial charge < -0.3 is 17.7 Å². The first kappa shape index (κ1) is 22.7. The predicted molar refractivity (Wildman–Crippen MR) is 105 cm³/mol. The molecule has 0 heterocycles. The molecule has 8 heteroatoms. The van der Waals surface area contributed by atoms with E-state index in [1.54, 1.807) is 0 Å². The van der Waals surface area contributed by atoms with Crippen molar-refractivity contribution in [2.24, 2.45) is 0 Å². The number of rotatable bonds is 9. The lowest BCUT2D eigenvalue weighted by molar-refractivity contribution is -0.284. The molecule has 0 aromatic rings. The third-order valence-corrected chi connectivity index (χ3v) is 5.85. The molecule has 0 aliphatic heterocycles. The number of hydrogen-bond donors (Lipinski definition) is 0. The van der Waals surface area contributed by atoms with Gasteiger partial charge in [-0.2, -0.15) is 0 Å². The Morgan fingerprint density at radius 2 is 0.773 bits per heavy atom. The summed E-state index contributed by atoms with van der Waals surface area (Å²) in [6.45, 7) is 26.4. The van der Waals surface area contributed by atoms with Gasteiger partial charge >= 0.3 is 0 Å². The van der Waals surface area contributed by atoms with Gasteiger partial charge in [0.1, 0.15) is 6.61 Å². The van der Waals surface area contributed by atoms with Crippen LogP contribution in [0.5, 0.6) is 0 Å². The van der Waals surface area contributed by atoms with Crippen molar-refractivity contribution < 1.29 is 17.7 Å². The summed E-state index contributed by atoms with van der Waals surface area (Å²) in [6.07, 6.45) is 0. The summed E-state index contributed by atoms with van der Waals surface area (Å²) in [6, 6.07) is 0. The van der Waals surface area contributed by atoms with Crippen molar-refractivity contribution in [1.29, 1.82) is 0 Å². The Balaban J connectivity index is 5.58. The molecule has 0 N–H and O–H groups in total. The summed E-state index contributed by atoms with van der Waals surface area (Å²) in [7, 11) is -7.26. The van der Waals surface area contributed by atoms with Crippen LogP contribution in [0.3, 0.4) is 0 Å². The molecule has 0 saturated heterocycles. The third kappa shape index (κ3) is 12.2. The second kappa shape index (κ2) is 7.30. The minimum absolute atomic E-state index is 0.363. The Morgan fingerprint density at radius 3 is 0.955 bits per heavy atom. The standard InChI is InChI=1S/C14H38O4Si4/c1-19(2,3)15-13-14(16-20(4,5)6,17-21(7,8)9)18-22(10,11)12/h13H2,1-12H3. The maximum Gasteiger partial charge on any atom is 0.278 e. The van der Waals surface area contributed by atoms with Crippen molar-refractivity contribution in [2.75, 3.05) is 6.61 Å². The first-order valence-electron chi connectivity index (χ1n) is 8.07. The fourth-order valence-corrected chi connectivity index (χ4v) is 5.94. The molecule has 0 fully saturated rings. The maximum atomic E-state index is 6.43. The highest BCUT2D eigenvalue weighted by molar-refractivity contribution is 6.72. The summed E-state index contributed by atoms with van der Waals surface area (Å²) in [5, 5.41) is 0. The van der Waals surface area contributed by atoms with E-state index in [-0.39, 0.29) is 0 Å². The van der Waals surface area contributed by atoms with E-state index < -0.39 is 39.2 Å². The highest BCUT2D eigenvalue weighted by atomic mass is 28.4. The van der Waals surface area contributed by atoms with E-state index in [2.05, 4.69) is 78.6 Å². The van der Waals surface area contributed by atoms with Crippen molar-refractivity contribution in [2.45, 2.75) is 84.5 Å². The average Bonchev–Trinajstić information content (AvgIpc) is 2.04. The lowest BCUT2D eigenvalue weighted by Gasteiger charge is -2.45. The molecule has 0 atom stereocenters. The van der Waals surface area contributed by atoms with Crippen molar-refractivity contribution in [3.63, 3.8) is 0 Å². The van der Waals surface area contributed by atoms with E-state index in [1.807, 2.05) is 0 Å². The van der Waals surface area contributed by atoms with Gasteiger partial charge in [-0.05, 0) is 78.6 Å². The van der Waals surface area contributed by atoms with Gasteiger partial charge in [0.15, 0.2) is 33.3 Å². The summed E-state index contributed by atoms with van der Waals surface area (Å²) in [5.41, 5.74) is 0. The smallest absolute Gasteiger partial charge is 0.278 e. The average molecular weight is 383 g/mol. The number of hydrogen-bond acceptors (Lipinski definition) is 4. The second-order valence-electron chi connectivity index (χ2n) is 9.73. The van der Waals surface area contributed by atoms with Gasteiger partial charge in [-0.3, -0.25) is 0 Å². The fraction of sp³-hybridized carbons (Fsp3) is 1.00. The summed E-state index contributed by atoms with van der Waals surface area (Å²) < 4.78 is 25.5. The fourth-order valence-electron chi connectivity index (χ4n) is 1.86. The van der Waals surface area contributed by atoms with Crippen LogP contribution in [-0.2, 0) is 17.7 Å². The molecule has 0 bridgehead atoms. The van der Waals surface area contributed by atoms with Crippen molar-refractivity contribution in [3.8, 4) is 0 Å². The minimum atomic E-state index is -1.86. The van der Waals surface area contributed by atoms with Gasteiger partial charge in [-0.15, -0.1) is 0 Å². The molecule has 0 unspecified atom stereocenters. The zero-order valence-corrected chi connectivity index (χ0v) is 20.8. The van der Waals surface area contributed by atoms with Gasteiger partial charge in [-0.1, -0.05) is 0 Å². The molecular formula is C14H38O4Si4. The Labute approximate surface area is 142 Å². The zero-order valence-electron chi connectivity index (χ0n) is 16.8. The monoisotopic (exact) mass is 382 g/mol. The molecule has 0 aliphatic carbocycles. The Morgan fingerprint density at radius 1 is 0.500 bits per heavy atom. The summed E-state index contributed by atoms with van der Waals surface area (Å²) in [4.78, 5) is 0. The van der Waals surface area contributed by atoms with Crippen LogP contribution in [0.15, 0.2) is 0 Å². The van der Waals surface area contributed by atoms with E-state index in [4.69, 9.17) is 17.7 Å². The van der Waals surface area contributed by atoms with E-state index in [0.29, 0.717) is 6.61 Å².